The van der Waals surface area contributed by atoms with Crippen LogP contribution in [0.5, 0.6) is 5.75 Å². The summed E-state index contributed by atoms with van der Waals surface area (Å²) in [6.07, 6.45) is 0. The van der Waals surface area contributed by atoms with E-state index in [4.69, 9.17) is 12.2 Å². The highest BCUT2D eigenvalue weighted by Crippen LogP contribution is 2.23. The Balaban J connectivity index is 2.06. The summed E-state index contributed by atoms with van der Waals surface area (Å²) >= 11 is 5.12. The number of carbonyl (C=O) groups excluding carboxylic acids is 1. The maximum atomic E-state index is 12.2. The predicted octanol–water partition coefficient (Wildman–Crippen LogP) is 3.44. The lowest BCUT2D eigenvalue weighted by Crippen LogP contribution is -2.34. The van der Waals surface area contributed by atoms with Crippen LogP contribution >= 0.6 is 12.2 Å². The quantitative estimate of drug-likeness (QED) is 0.587. The minimum atomic E-state index is -0.282. The number of phenolic OH excluding ortho intramolecular Hbond substituents is 1. The summed E-state index contributed by atoms with van der Waals surface area (Å²) in [6, 6.07) is 10.8. The van der Waals surface area contributed by atoms with Crippen molar-refractivity contribution in [2.24, 2.45) is 0 Å². The van der Waals surface area contributed by atoms with E-state index in [0.717, 1.165) is 16.7 Å². The summed E-state index contributed by atoms with van der Waals surface area (Å²) in [5, 5.41) is 15.4. The van der Waals surface area contributed by atoms with E-state index < -0.39 is 0 Å². The summed E-state index contributed by atoms with van der Waals surface area (Å²) < 4.78 is 0. The highest BCUT2D eigenvalue weighted by Gasteiger charge is 2.10. The zero-order valence-electron chi connectivity index (χ0n) is 12.7. The van der Waals surface area contributed by atoms with Gasteiger partial charge in [-0.15, -0.1) is 0 Å². The van der Waals surface area contributed by atoms with Gasteiger partial charge in [-0.3, -0.25) is 10.1 Å². The van der Waals surface area contributed by atoms with Crippen LogP contribution < -0.4 is 10.6 Å². The monoisotopic (exact) mass is 314 g/mol. The molecular weight excluding hydrogens is 296 g/mol. The molecule has 2 aromatic carbocycles. The van der Waals surface area contributed by atoms with Gasteiger partial charge in [0.25, 0.3) is 5.91 Å². The van der Waals surface area contributed by atoms with Gasteiger partial charge in [-0.25, -0.2) is 0 Å². The van der Waals surface area contributed by atoms with Crippen LogP contribution in [-0.2, 0) is 0 Å². The minimum Gasteiger partial charge on any atom is -0.506 e. The lowest BCUT2D eigenvalue weighted by Gasteiger charge is -2.12. The Morgan fingerprint density at radius 3 is 2.23 bits per heavy atom. The zero-order chi connectivity index (χ0) is 16.3. The maximum absolute atomic E-state index is 12.2. The van der Waals surface area contributed by atoms with Gasteiger partial charge in [0.2, 0.25) is 0 Å². The van der Waals surface area contributed by atoms with Crippen molar-refractivity contribution >= 4 is 28.9 Å². The molecule has 22 heavy (non-hydrogen) atoms. The first-order chi connectivity index (χ1) is 10.3. The van der Waals surface area contributed by atoms with Crippen LogP contribution in [0.25, 0.3) is 0 Å². The van der Waals surface area contributed by atoms with Crippen LogP contribution in [0.3, 0.4) is 0 Å². The van der Waals surface area contributed by atoms with Crippen LogP contribution in [0.2, 0.25) is 0 Å². The first kappa shape index (κ1) is 16.0. The number of benzene rings is 2. The third kappa shape index (κ3) is 4.05. The standard InChI is InChI=1S/C17H18N2O2S/c1-10-4-5-14(15(20)9-10)18-17(22)19-16(21)13-7-11(2)6-12(3)8-13/h4-9,20H,1-3H3,(H2,18,19,21,22). The van der Waals surface area contributed by atoms with E-state index in [1.165, 1.54) is 0 Å². The molecule has 0 spiro atoms. The molecule has 0 aliphatic heterocycles. The van der Waals surface area contributed by atoms with E-state index in [-0.39, 0.29) is 16.8 Å². The molecular formula is C17H18N2O2S. The Morgan fingerprint density at radius 2 is 1.64 bits per heavy atom. The third-order valence-corrected chi connectivity index (χ3v) is 3.32. The van der Waals surface area contributed by atoms with E-state index in [9.17, 15) is 9.90 Å². The summed E-state index contributed by atoms with van der Waals surface area (Å²) in [5.74, 6) is -0.195. The number of aryl methyl sites for hydroxylation is 3. The number of phenols is 1. The number of nitrogens with one attached hydrogen (secondary N) is 2. The van der Waals surface area contributed by atoms with Gasteiger partial charge in [0.05, 0.1) is 5.69 Å². The summed E-state index contributed by atoms with van der Waals surface area (Å²) in [7, 11) is 0. The Labute approximate surface area is 135 Å². The first-order valence-electron chi connectivity index (χ1n) is 6.85. The zero-order valence-corrected chi connectivity index (χ0v) is 13.5. The Morgan fingerprint density at radius 1 is 1.00 bits per heavy atom. The summed E-state index contributed by atoms with van der Waals surface area (Å²) in [5.41, 5.74) is 3.97. The van der Waals surface area contributed by atoms with Crippen molar-refractivity contribution in [3.05, 3.63) is 58.7 Å². The van der Waals surface area contributed by atoms with Crippen LogP contribution in [0.4, 0.5) is 5.69 Å². The molecule has 0 saturated carbocycles. The number of thiocarbonyl (C=S) groups is 1. The molecule has 2 rings (SSSR count). The number of carbonyl (C=O) groups is 1. The molecule has 2 aromatic rings. The van der Waals surface area contributed by atoms with E-state index in [0.29, 0.717) is 11.3 Å². The van der Waals surface area contributed by atoms with Gasteiger partial charge in [0.1, 0.15) is 5.75 Å². The highest BCUT2D eigenvalue weighted by molar-refractivity contribution is 7.80. The van der Waals surface area contributed by atoms with Crippen molar-refractivity contribution in [3.63, 3.8) is 0 Å². The fraction of sp³-hybridized carbons (Fsp3) is 0.176. The van der Waals surface area contributed by atoms with Crippen molar-refractivity contribution < 1.29 is 9.90 Å². The average Bonchev–Trinajstić information content (AvgIpc) is 2.40. The SMILES string of the molecule is Cc1cc(C)cc(C(=O)NC(=S)Nc2ccc(C)cc2O)c1. The van der Waals surface area contributed by atoms with Crippen molar-refractivity contribution in [3.8, 4) is 5.75 Å². The van der Waals surface area contributed by atoms with Crippen molar-refractivity contribution in [1.29, 1.82) is 0 Å². The fourth-order valence-corrected chi connectivity index (χ4v) is 2.38. The molecule has 0 atom stereocenters. The largest absolute Gasteiger partial charge is 0.506 e. The minimum absolute atomic E-state index is 0.0861. The van der Waals surface area contributed by atoms with Gasteiger partial charge in [0.15, 0.2) is 5.11 Å². The Kier molecular flexibility index (Phi) is 4.78. The van der Waals surface area contributed by atoms with Crippen LogP contribution in [-0.4, -0.2) is 16.1 Å². The second-order valence-electron chi connectivity index (χ2n) is 5.31. The molecule has 0 aromatic heterocycles. The number of amides is 1. The maximum Gasteiger partial charge on any atom is 0.257 e. The van der Waals surface area contributed by atoms with Crippen molar-refractivity contribution in [1.82, 2.24) is 5.32 Å². The summed E-state index contributed by atoms with van der Waals surface area (Å²) in [6.45, 7) is 5.75. The lowest BCUT2D eigenvalue weighted by atomic mass is 10.1. The number of aromatic hydroxyl groups is 1. The molecule has 0 aliphatic rings. The van der Waals surface area contributed by atoms with Crippen molar-refractivity contribution in [2.45, 2.75) is 20.8 Å². The number of anilines is 1. The van der Waals surface area contributed by atoms with Gasteiger partial charge in [0, 0.05) is 5.56 Å². The second-order valence-corrected chi connectivity index (χ2v) is 5.71. The van der Waals surface area contributed by atoms with Gasteiger partial charge < -0.3 is 10.4 Å². The van der Waals surface area contributed by atoms with Crippen LogP contribution in [0.15, 0.2) is 36.4 Å². The average molecular weight is 314 g/mol. The highest BCUT2D eigenvalue weighted by atomic mass is 32.1. The van der Waals surface area contributed by atoms with Crippen molar-refractivity contribution in [2.75, 3.05) is 5.32 Å². The molecule has 0 saturated heterocycles. The lowest BCUT2D eigenvalue weighted by molar-refractivity contribution is 0.0977. The number of hydrogen-bond acceptors (Lipinski definition) is 3. The topological polar surface area (TPSA) is 61.4 Å². The first-order valence-corrected chi connectivity index (χ1v) is 7.26. The molecule has 0 bridgehead atoms. The molecule has 0 heterocycles. The fourth-order valence-electron chi connectivity index (χ4n) is 2.18. The Hall–Kier alpha value is -2.40. The molecule has 0 unspecified atom stereocenters. The van der Waals surface area contributed by atoms with E-state index in [1.807, 2.05) is 32.9 Å². The van der Waals surface area contributed by atoms with Gasteiger partial charge in [-0.05, 0) is 62.8 Å². The number of hydrogen-bond donors (Lipinski definition) is 3. The van der Waals surface area contributed by atoms with Gasteiger partial charge in [-0.2, -0.15) is 0 Å². The molecule has 5 heteroatoms. The second kappa shape index (κ2) is 6.58. The number of rotatable bonds is 2. The molecule has 0 radical (unpaired) electrons. The molecule has 0 fully saturated rings. The molecule has 0 aliphatic carbocycles. The molecule has 114 valence electrons. The van der Waals surface area contributed by atoms with E-state index in [2.05, 4.69) is 10.6 Å². The van der Waals surface area contributed by atoms with Gasteiger partial charge in [-0.1, -0.05) is 23.3 Å². The normalized spacial score (nSPS) is 10.1. The molecule has 3 N–H and O–H groups in total. The molecule has 4 nitrogen and oxygen atoms in total. The Bertz CT molecular complexity index is 721. The predicted molar refractivity (Wildman–Crippen MR) is 92.4 cm³/mol. The smallest absolute Gasteiger partial charge is 0.257 e. The van der Waals surface area contributed by atoms with Gasteiger partial charge >= 0.3 is 0 Å². The van der Waals surface area contributed by atoms with E-state index in [1.54, 1.807) is 24.3 Å². The van der Waals surface area contributed by atoms with E-state index >= 15 is 0 Å². The summed E-state index contributed by atoms with van der Waals surface area (Å²) in [4.78, 5) is 12.2. The van der Waals surface area contributed by atoms with Crippen LogP contribution in [0.1, 0.15) is 27.0 Å². The van der Waals surface area contributed by atoms with Crippen LogP contribution in [0, 0.1) is 20.8 Å². The third-order valence-electron chi connectivity index (χ3n) is 3.11. The molecule has 1 amide bonds.